The van der Waals surface area contributed by atoms with Crippen molar-refractivity contribution in [2.45, 2.75) is 38.6 Å². The molecule has 2 aliphatic rings. The van der Waals surface area contributed by atoms with E-state index < -0.39 is 5.54 Å². The third-order valence-corrected chi connectivity index (χ3v) is 6.74. The topological polar surface area (TPSA) is 62.3 Å². The lowest BCUT2D eigenvalue weighted by molar-refractivity contribution is -0.170. The number of piperidine rings is 1. The summed E-state index contributed by atoms with van der Waals surface area (Å²) >= 11 is 6.13. The maximum absolute atomic E-state index is 13.3. The summed E-state index contributed by atoms with van der Waals surface area (Å²) in [6.07, 6.45) is 1.31. The van der Waals surface area contributed by atoms with Crippen LogP contribution in [-0.4, -0.2) is 85.9 Å². The Morgan fingerprint density at radius 1 is 1.10 bits per heavy atom. The molecule has 1 aromatic carbocycles. The number of rotatable bonds is 5. The Morgan fingerprint density at radius 2 is 1.63 bits per heavy atom. The van der Waals surface area contributed by atoms with Crippen molar-refractivity contribution in [1.29, 1.82) is 0 Å². The molecule has 3 rings (SSSR count). The highest BCUT2D eigenvalue weighted by molar-refractivity contribution is 6.30. The second-order valence-electron chi connectivity index (χ2n) is 8.19. The van der Waals surface area contributed by atoms with Gasteiger partial charge in [-0.1, -0.05) is 11.6 Å². The number of ether oxygens (including phenoxy) is 2. The molecule has 8 heteroatoms. The van der Waals surface area contributed by atoms with Crippen LogP contribution in [0.4, 0.5) is 0 Å². The maximum atomic E-state index is 13.3. The van der Waals surface area contributed by atoms with Crippen molar-refractivity contribution in [3.05, 3.63) is 33.8 Å². The quantitative estimate of drug-likeness (QED) is 0.658. The molecule has 0 aromatic heterocycles. The van der Waals surface area contributed by atoms with Crippen LogP contribution < -0.4 is 0 Å². The molecule has 0 aliphatic carbocycles. The number of likely N-dealkylation sites (N-methyl/N-ethyl adjacent to an activating group) is 1. The number of carbonyl (C=O) groups excluding carboxylic acids is 2. The summed E-state index contributed by atoms with van der Waals surface area (Å²) in [5.41, 5.74) is 1.98. The summed E-state index contributed by atoms with van der Waals surface area (Å²) in [5, 5.41) is 5.22. The summed E-state index contributed by atoms with van der Waals surface area (Å²) in [6, 6.07) is 3.74. The van der Waals surface area contributed by atoms with Gasteiger partial charge in [-0.2, -0.15) is 0 Å². The Labute approximate surface area is 183 Å². The van der Waals surface area contributed by atoms with Gasteiger partial charge in [-0.15, -0.1) is 0 Å². The number of morpholine rings is 1. The van der Waals surface area contributed by atoms with Gasteiger partial charge >= 0.3 is 5.97 Å². The minimum Gasteiger partial charge on any atom is -0.467 e. The van der Waals surface area contributed by atoms with E-state index in [9.17, 15) is 9.59 Å². The second kappa shape index (κ2) is 9.64. The van der Waals surface area contributed by atoms with Crippen LogP contribution in [0.1, 0.15) is 29.5 Å². The average Bonchev–Trinajstić information content (AvgIpc) is 2.75. The number of carbonyl (C=O) groups is 2. The monoisotopic (exact) mass is 437 g/mol. The molecule has 1 amide bonds. The van der Waals surface area contributed by atoms with Crippen LogP contribution in [-0.2, 0) is 25.5 Å². The van der Waals surface area contributed by atoms with Crippen molar-refractivity contribution < 1.29 is 19.1 Å². The summed E-state index contributed by atoms with van der Waals surface area (Å²) in [4.78, 5) is 27.7. The molecule has 0 radical (unpaired) electrons. The third-order valence-electron chi connectivity index (χ3n) is 6.52. The van der Waals surface area contributed by atoms with Crippen molar-refractivity contribution in [3.63, 3.8) is 0 Å². The first-order chi connectivity index (χ1) is 14.3. The molecular formula is C22H32ClN3O4. The lowest BCUT2D eigenvalue weighted by atomic mass is 9.85. The number of nitrogens with zero attached hydrogens (tertiary/aromatic N) is 3. The molecule has 0 N–H and O–H groups in total. The van der Waals surface area contributed by atoms with E-state index >= 15 is 0 Å². The zero-order valence-electron chi connectivity index (χ0n) is 18.4. The van der Waals surface area contributed by atoms with Crippen LogP contribution in [0.2, 0.25) is 5.02 Å². The van der Waals surface area contributed by atoms with Gasteiger partial charge < -0.3 is 14.4 Å². The lowest BCUT2D eigenvalue weighted by Gasteiger charge is -2.48. The third kappa shape index (κ3) is 4.64. The molecule has 0 atom stereocenters. The average molecular weight is 438 g/mol. The summed E-state index contributed by atoms with van der Waals surface area (Å²) in [5.74, 6) is -0.432. The minimum absolute atomic E-state index is 0.0891. The molecule has 166 valence electrons. The van der Waals surface area contributed by atoms with Gasteiger partial charge in [-0.3, -0.25) is 4.79 Å². The molecular weight excluding hydrogens is 406 g/mol. The number of methoxy groups -OCH3 is 1. The van der Waals surface area contributed by atoms with Gasteiger partial charge in [0.15, 0.2) is 0 Å². The molecule has 0 saturated carbocycles. The van der Waals surface area contributed by atoms with Crippen LogP contribution in [0, 0.1) is 13.8 Å². The smallest absolute Gasteiger partial charge is 0.331 e. The summed E-state index contributed by atoms with van der Waals surface area (Å²) in [6.45, 7) is 8.46. The predicted octanol–water partition coefficient (Wildman–Crippen LogP) is 2.21. The van der Waals surface area contributed by atoms with Crippen LogP contribution >= 0.6 is 11.6 Å². The van der Waals surface area contributed by atoms with Crippen molar-refractivity contribution in [1.82, 2.24) is 14.9 Å². The van der Waals surface area contributed by atoms with Crippen LogP contribution in [0.15, 0.2) is 12.1 Å². The normalized spacial score (nSPS) is 20.0. The predicted molar refractivity (Wildman–Crippen MR) is 115 cm³/mol. The molecule has 2 fully saturated rings. The van der Waals surface area contributed by atoms with Gasteiger partial charge in [0.2, 0.25) is 5.91 Å². The number of aryl methyl sites for hydroxylation is 2. The van der Waals surface area contributed by atoms with Gasteiger partial charge in [0.25, 0.3) is 0 Å². The highest BCUT2D eigenvalue weighted by Crippen LogP contribution is 2.32. The fourth-order valence-corrected chi connectivity index (χ4v) is 4.91. The number of esters is 1. The van der Waals surface area contributed by atoms with E-state index in [-0.39, 0.29) is 18.3 Å². The standard InChI is InChI=1S/C22H32ClN3O4/c1-16-13-18(23)14-17(2)19(16)15-20(27)24(3)22(21(28)29-4)5-7-25(8-6-22)26-9-11-30-12-10-26/h13-14H,5-12,15H2,1-4H3. The molecule has 30 heavy (non-hydrogen) atoms. The summed E-state index contributed by atoms with van der Waals surface area (Å²) < 4.78 is 10.6. The van der Waals surface area contributed by atoms with Gasteiger partial charge in [-0.05, 0) is 55.5 Å². The SMILES string of the molecule is COC(=O)C1(N(C)C(=O)Cc2c(C)cc(Cl)cc2C)CCN(N2CCOCC2)CC1. The van der Waals surface area contributed by atoms with Crippen LogP contribution in [0.25, 0.3) is 0 Å². The zero-order valence-corrected chi connectivity index (χ0v) is 19.1. The zero-order chi connectivity index (χ0) is 21.9. The van der Waals surface area contributed by atoms with Crippen LogP contribution in [0.3, 0.4) is 0 Å². The first-order valence-corrected chi connectivity index (χ1v) is 10.8. The lowest BCUT2D eigenvalue weighted by Crippen LogP contribution is -2.63. The number of hydrogen-bond acceptors (Lipinski definition) is 6. The van der Waals surface area contributed by atoms with Gasteiger partial charge in [0, 0.05) is 38.2 Å². The molecule has 0 bridgehead atoms. The summed E-state index contributed by atoms with van der Waals surface area (Å²) in [7, 11) is 3.12. The van der Waals surface area contributed by atoms with E-state index in [0.29, 0.717) is 31.0 Å². The number of halogens is 1. The molecule has 1 aromatic rings. The Bertz CT molecular complexity index is 764. The fourth-order valence-electron chi connectivity index (χ4n) is 4.58. The number of hydrazine groups is 1. The second-order valence-corrected chi connectivity index (χ2v) is 8.63. The van der Waals surface area contributed by atoms with E-state index in [1.165, 1.54) is 7.11 Å². The van der Waals surface area contributed by atoms with E-state index in [0.717, 1.165) is 43.0 Å². The van der Waals surface area contributed by atoms with Crippen LogP contribution in [0.5, 0.6) is 0 Å². The molecule has 7 nitrogen and oxygen atoms in total. The Balaban J connectivity index is 1.75. The van der Waals surface area contributed by atoms with Crippen molar-refractivity contribution in [2.75, 3.05) is 53.6 Å². The van der Waals surface area contributed by atoms with Gasteiger partial charge in [-0.25, -0.2) is 14.8 Å². The highest BCUT2D eigenvalue weighted by Gasteiger charge is 2.48. The Hall–Kier alpha value is -1.67. The molecule has 2 aliphatic heterocycles. The first kappa shape index (κ1) is 23.0. The van der Waals surface area contributed by atoms with E-state index in [4.69, 9.17) is 21.1 Å². The molecule has 2 heterocycles. The molecule has 0 unspecified atom stereocenters. The largest absolute Gasteiger partial charge is 0.467 e. The van der Waals surface area contributed by atoms with E-state index in [1.807, 2.05) is 26.0 Å². The Morgan fingerprint density at radius 3 is 2.17 bits per heavy atom. The van der Waals surface area contributed by atoms with Gasteiger partial charge in [0.1, 0.15) is 5.54 Å². The maximum Gasteiger partial charge on any atom is 0.331 e. The van der Waals surface area contributed by atoms with Gasteiger partial charge in [0.05, 0.1) is 26.7 Å². The highest BCUT2D eigenvalue weighted by atomic mass is 35.5. The molecule has 0 spiro atoms. The minimum atomic E-state index is -0.942. The number of benzene rings is 1. The van der Waals surface area contributed by atoms with E-state index in [2.05, 4.69) is 10.0 Å². The fraction of sp³-hybridized carbons (Fsp3) is 0.636. The first-order valence-electron chi connectivity index (χ1n) is 10.5. The van der Waals surface area contributed by atoms with Crippen molar-refractivity contribution >= 4 is 23.5 Å². The van der Waals surface area contributed by atoms with Crippen molar-refractivity contribution in [3.8, 4) is 0 Å². The molecule has 2 saturated heterocycles. The Kier molecular flexibility index (Phi) is 7.39. The number of hydrogen-bond donors (Lipinski definition) is 0. The van der Waals surface area contributed by atoms with E-state index in [1.54, 1.807) is 11.9 Å². The number of amides is 1. The van der Waals surface area contributed by atoms with Crippen molar-refractivity contribution in [2.24, 2.45) is 0 Å².